The van der Waals surface area contributed by atoms with Crippen LogP contribution in [0, 0.1) is 0 Å². The van der Waals surface area contributed by atoms with Crippen molar-refractivity contribution in [2.75, 3.05) is 13.1 Å². The molecule has 1 saturated heterocycles. The topological polar surface area (TPSA) is 34.1 Å². The number of nitrogens with zero attached hydrogens (tertiary/aromatic N) is 1. The van der Waals surface area contributed by atoms with E-state index in [1.165, 1.54) is 0 Å². The Kier molecular flexibility index (Phi) is 3.94. The Morgan fingerprint density at radius 3 is 2.88 bits per heavy atom. The molecule has 0 spiro atoms. The molecule has 1 aromatic rings. The number of pyridine rings is 1. The van der Waals surface area contributed by atoms with Crippen molar-refractivity contribution in [2.24, 2.45) is 0 Å². The number of nitrogens with one attached hydrogen (secondary N) is 1. The van der Waals surface area contributed by atoms with E-state index in [2.05, 4.69) is 24.1 Å². The van der Waals surface area contributed by atoms with Crippen molar-refractivity contribution in [3.8, 4) is 5.75 Å². The van der Waals surface area contributed by atoms with Crippen LogP contribution in [0.4, 0.5) is 4.39 Å². The normalized spacial score (nSPS) is 24.9. The van der Waals surface area contributed by atoms with Gasteiger partial charge in [-0.3, -0.25) is 4.98 Å². The standard InChI is InChI=1S/C13H19FN2O/c1-9(2)12-4-3-10(7-16-12)17-13-5-6-15-8-11(13)14/h3-4,7,9,11,13,15H,5-6,8H2,1-2H3/t11-,13-/m1/s1. The molecule has 2 heterocycles. The van der Waals surface area contributed by atoms with Crippen molar-refractivity contribution < 1.29 is 9.13 Å². The largest absolute Gasteiger partial charge is 0.486 e. The van der Waals surface area contributed by atoms with Gasteiger partial charge in [0.1, 0.15) is 18.0 Å². The first-order valence-electron chi connectivity index (χ1n) is 6.14. The number of hydrogen-bond donors (Lipinski definition) is 1. The first-order valence-corrected chi connectivity index (χ1v) is 6.14. The molecule has 4 heteroatoms. The van der Waals surface area contributed by atoms with Gasteiger partial charge >= 0.3 is 0 Å². The fourth-order valence-corrected chi connectivity index (χ4v) is 1.91. The number of rotatable bonds is 3. The van der Waals surface area contributed by atoms with Gasteiger partial charge in [-0.25, -0.2) is 4.39 Å². The molecule has 2 atom stereocenters. The summed E-state index contributed by atoms with van der Waals surface area (Å²) in [5.74, 6) is 1.06. The highest BCUT2D eigenvalue weighted by molar-refractivity contribution is 5.21. The van der Waals surface area contributed by atoms with Gasteiger partial charge in [0.2, 0.25) is 0 Å². The van der Waals surface area contributed by atoms with Crippen LogP contribution in [0.15, 0.2) is 18.3 Å². The summed E-state index contributed by atoms with van der Waals surface area (Å²) in [5.41, 5.74) is 1.03. The Morgan fingerprint density at radius 1 is 1.47 bits per heavy atom. The molecule has 1 fully saturated rings. The van der Waals surface area contributed by atoms with E-state index in [-0.39, 0.29) is 6.10 Å². The van der Waals surface area contributed by atoms with Gasteiger partial charge in [-0.2, -0.15) is 0 Å². The Hall–Kier alpha value is -1.16. The van der Waals surface area contributed by atoms with Gasteiger partial charge in [0, 0.05) is 12.2 Å². The average molecular weight is 238 g/mol. The summed E-state index contributed by atoms with van der Waals surface area (Å²) in [7, 11) is 0. The van der Waals surface area contributed by atoms with Crippen LogP contribution < -0.4 is 10.1 Å². The molecule has 0 bridgehead atoms. The molecular formula is C13H19FN2O. The molecule has 1 aliphatic rings. The van der Waals surface area contributed by atoms with Crippen LogP contribution in [0.25, 0.3) is 0 Å². The number of hydrogen-bond acceptors (Lipinski definition) is 3. The van der Waals surface area contributed by atoms with Crippen molar-refractivity contribution in [3.63, 3.8) is 0 Å². The SMILES string of the molecule is CC(C)c1ccc(O[C@@H]2CCNC[C@H]2F)cn1. The van der Waals surface area contributed by atoms with Gasteiger partial charge in [0.15, 0.2) is 0 Å². The lowest BCUT2D eigenvalue weighted by Crippen LogP contribution is -2.44. The minimum Gasteiger partial charge on any atom is -0.486 e. The van der Waals surface area contributed by atoms with Crippen molar-refractivity contribution in [2.45, 2.75) is 38.5 Å². The quantitative estimate of drug-likeness (QED) is 0.877. The molecule has 3 nitrogen and oxygen atoms in total. The molecule has 0 aromatic carbocycles. The lowest BCUT2D eigenvalue weighted by molar-refractivity contribution is 0.0728. The molecule has 0 aliphatic carbocycles. The number of ether oxygens (including phenoxy) is 1. The molecule has 0 amide bonds. The van der Waals surface area contributed by atoms with Crippen molar-refractivity contribution in [1.82, 2.24) is 10.3 Å². The van der Waals surface area contributed by atoms with Gasteiger partial charge in [0.05, 0.1) is 6.20 Å². The van der Waals surface area contributed by atoms with Crippen LogP contribution in [0.2, 0.25) is 0 Å². The molecule has 94 valence electrons. The summed E-state index contributed by atoms with van der Waals surface area (Å²) in [5, 5.41) is 3.00. The van der Waals surface area contributed by atoms with Crippen LogP contribution in [0.1, 0.15) is 31.9 Å². The number of aromatic nitrogens is 1. The zero-order valence-corrected chi connectivity index (χ0v) is 10.3. The lowest BCUT2D eigenvalue weighted by Gasteiger charge is -2.27. The maximum atomic E-state index is 13.5. The fraction of sp³-hybridized carbons (Fsp3) is 0.615. The molecule has 2 rings (SSSR count). The highest BCUT2D eigenvalue weighted by Gasteiger charge is 2.26. The Labute approximate surface area is 101 Å². The molecule has 0 radical (unpaired) electrons. The molecule has 0 unspecified atom stereocenters. The highest BCUT2D eigenvalue weighted by atomic mass is 19.1. The van der Waals surface area contributed by atoms with E-state index < -0.39 is 6.17 Å². The van der Waals surface area contributed by atoms with Crippen LogP contribution >= 0.6 is 0 Å². The van der Waals surface area contributed by atoms with Gasteiger partial charge in [-0.1, -0.05) is 13.8 Å². The predicted molar refractivity (Wildman–Crippen MR) is 65.1 cm³/mol. The third kappa shape index (κ3) is 3.16. The summed E-state index contributed by atoms with van der Waals surface area (Å²) >= 11 is 0. The van der Waals surface area contributed by atoms with E-state index in [0.717, 1.165) is 12.2 Å². The van der Waals surface area contributed by atoms with E-state index in [1.807, 2.05) is 12.1 Å². The maximum Gasteiger partial charge on any atom is 0.149 e. The Bertz CT molecular complexity index is 353. The number of alkyl halides is 1. The first kappa shape index (κ1) is 12.3. The second-order valence-corrected chi connectivity index (χ2v) is 4.74. The molecule has 17 heavy (non-hydrogen) atoms. The zero-order chi connectivity index (χ0) is 12.3. The molecule has 1 aromatic heterocycles. The van der Waals surface area contributed by atoms with Gasteiger partial charge in [-0.05, 0) is 31.0 Å². The van der Waals surface area contributed by atoms with E-state index in [4.69, 9.17) is 4.74 Å². The summed E-state index contributed by atoms with van der Waals surface area (Å²) in [6.07, 6.45) is 1.11. The van der Waals surface area contributed by atoms with Gasteiger partial charge in [0.25, 0.3) is 0 Å². The maximum absolute atomic E-state index is 13.5. The second kappa shape index (κ2) is 5.45. The summed E-state index contributed by atoms with van der Waals surface area (Å²) in [6, 6.07) is 3.81. The minimum absolute atomic E-state index is 0.344. The minimum atomic E-state index is -0.937. The first-order chi connectivity index (χ1) is 8.16. The third-order valence-electron chi connectivity index (χ3n) is 2.99. The van der Waals surface area contributed by atoms with Crippen LogP contribution in [0.5, 0.6) is 5.75 Å². The highest BCUT2D eigenvalue weighted by Crippen LogP contribution is 2.19. The summed E-state index contributed by atoms with van der Waals surface area (Å²) in [4.78, 5) is 4.31. The number of halogens is 1. The monoisotopic (exact) mass is 238 g/mol. The second-order valence-electron chi connectivity index (χ2n) is 4.74. The summed E-state index contributed by atoms with van der Waals surface area (Å²) < 4.78 is 19.2. The average Bonchev–Trinajstić information content (AvgIpc) is 2.33. The van der Waals surface area contributed by atoms with Crippen molar-refractivity contribution >= 4 is 0 Å². The van der Waals surface area contributed by atoms with E-state index >= 15 is 0 Å². The molecule has 1 aliphatic heterocycles. The lowest BCUT2D eigenvalue weighted by atomic mass is 10.1. The van der Waals surface area contributed by atoms with Crippen molar-refractivity contribution in [1.29, 1.82) is 0 Å². The Balaban J connectivity index is 1.98. The molecular weight excluding hydrogens is 219 g/mol. The summed E-state index contributed by atoms with van der Waals surface area (Å²) in [6.45, 7) is 5.37. The zero-order valence-electron chi connectivity index (χ0n) is 10.3. The van der Waals surface area contributed by atoms with Crippen LogP contribution in [-0.2, 0) is 0 Å². The van der Waals surface area contributed by atoms with Crippen LogP contribution in [0.3, 0.4) is 0 Å². The van der Waals surface area contributed by atoms with E-state index in [0.29, 0.717) is 24.6 Å². The van der Waals surface area contributed by atoms with E-state index in [1.54, 1.807) is 6.20 Å². The van der Waals surface area contributed by atoms with Gasteiger partial charge in [-0.15, -0.1) is 0 Å². The third-order valence-corrected chi connectivity index (χ3v) is 2.99. The van der Waals surface area contributed by atoms with Crippen LogP contribution in [-0.4, -0.2) is 30.3 Å². The predicted octanol–water partition coefficient (Wildman–Crippen LogP) is 2.28. The number of piperidine rings is 1. The molecule has 1 N–H and O–H groups in total. The Morgan fingerprint density at radius 2 is 2.29 bits per heavy atom. The smallest absolute Gasteiger partial charge is 0.149 e. The van der Waals surface area contributed by atoms with Crippen molar-refractivity contribution in [3.05, 3.63) is 24.0 Å². The fourth-order valence-electron chi connectivity index (χ4n) is 1.91. The van der Waals surface area contributed by atoms with E-state index in [9.17, 15) is 4.39 Å². The van der Waals surface area contributed by atoms with Gasteiger partial charge < -0.3 is 10.1 Å². The molecule has 0 saturated carbocycles.